The van der Waals surface area contributed by atoms with E-state index in [9.17, 15) is 4.79 Å². The van der Waals surface area contributed by atoms with Gasteiger partial charge in [-0.2, -0.15) is 0 Å². The Morgan fingerprint density at radius 2 is 2.43 bits per heavy atom. The van der Waals surface area contributed by atoms with Crippen molar-refractivity contribution in [2.24, 2.45) is 0 Å². The van der Waals surface area contributed by atoms with Crippen LogP contribution in [0.15, 0.2) is 35.1 Å². The molecule has 2 aliphatic rings. The van der Waals surface area contributed by atoms with E-state index in [1.165, 1.54) is 0 Å². The molecule has 0 bridgehead atoms. The molecule has 2 aliphatic heterocycles. The summed E-state index contributed by atoms with van der Waals surface area (Å²) in [6.45, 7) is 1.48. The number of amides is 1. The third-order valence-corrected chi connectivity index (χ3v) is 4.27. The standard InChI is InChI=1S/C15H16N4O2/c20-15-7-13-14(3-5-17-13)19(15)9-11-6-12(18-21-11)10-2-1-4-16-8-10/h1-2,4,6,8,13-14,17H,3,5,7,9H2/t13-,14-/m1/s1. The van der Waals surface area contributed by atoms with Crippen LogP contribution < -0.4 is 5.32 Å². The quantitative estimate of drug-likeness (QED) is 0.917. The van der Waals surface area contributed by atoms with Gasteiger partial charge in [0.15, 0.2) is 5.76 Å². The van der Waals surface area contributed by atoms with Gasteiger partial charge in [-0.25, -0.2) is 0 Å². The Hall–Kier alpha value is -2.21. The molecule has 0 aromatic carbocycles. The topological polar surface area (TPSA) is 71.3 Å². The maximum absolute atomic E-state index is 12.1. The molecule has 4 rings (SSSR count). The lowest BCUT2D eigenvalue weighted by Gasteiger charge is -2.21. The second-order valence-corrected chi connectivity index (χ2v) is 5.56. The molecule has 4 heterocycles. The predicted molar refractivity (Wildman–Crippen MR) is 75.1 cm³/mol. The Kier molecular flexibility index (Phi) is 2.96. The van der Waals surface area contributed by atoms with E-state index in [1.807, 2.05) is 23.1 Å². The van der Waals surface area contributed by atoms with Gasteiger partial charge >= 0.3 is 0 Å². The highest BCUT2D eigenvalue weighted by molar-refractivity contribution is 5.80. The third kappa shape index (κ3) is 2.21. The van der Waals surface area contributed by atoms with Crippen molar-refractivity contribution in [3.63, 3.8) is 0 Å². The van der Waals surface area contributed by atoms with E-state index in [0.29, 0.717) is 25.0 Å². The van der Waals surface area contributed by atoms with E-state index in [1.54, 1.807) is 12.4 Å². The fourth-order valence-corrected chi connectivity index (χ4v) is 3.24. The molecule has 2 fully saturated rings. The normalized spacial score (nSPS) is 24.6. The highest BCUT2D eigenvalue weighted by Gasteiger charge is 2.42. The number of likely N-dealkylation sites (tertiary alicyclic amines) is 1. The number of hydrogen-bond acceptors (Lipinski definition) is 5. The van der Waals surface area contributed by atoms with Crippen molar-refractivity contribution in [3.05, 3.63) is 36.4 Å². The summed E-state index contributed by atoms with van der Waals surface area (Å²) in [6.07, 6.45) is 5.08. The average Bonchev–Trinajstić information content (AvgIpc) is 3.19. The summed E-state index contributed by atoms with van der Waals surface area (Å²) in [7, 11) is 0. The number of nitrogens with zero attached hydrogens (tertiary/aromatic N) is 3. The van der Waals surface area contributed by atoms with Gasteiger partial charge in [0, 0.05) is 42.5 Å². The van der Waals surface area contributed by atoms with Gasteiger partial charge < -0.3 is 14.7 Å². The van der Waals surface area contributed by atoms with Crippen molar-refractivity contribution in [2.75, 3.05) is 6.54 Å². The summed E-state index contributed by atoms with van der Waals surface area (Å²) in [6, 6.07) is 6.29. The minimum Gasteiger partial charge on any atom is -0.359 e. The van der Waals surface area contributed by atoms with Crippen molar-refractivity contribution < 1.29 is 9.32 Å². The fraction of sp³-hybridized carbons (Fsp3) is 0.400. The van der Waals surface area contributed by atoms with E-state index >= 15 is 0 Å². The van der Waals surface area contributed by atoms with Gasteiger partial charge in [-0.3, -0.25) is 9.78 Å². The number of nitrogens with one attached hydrogen (secondary N) is 1. The lowest BCUT2D eigenvalue weighted by Crippen LogP contribution is -2.35. The van der Waals surface area contributed by atoms with Crippen LogP contribution in [0.3, 0.4) is 0 Å². The molecule has 0 aliphatic carbocycles. The zero-order chi connectivity index (χ0) is 14.2. The van der Waals surface area contributed by atoms with Gasteiger partial charge in [0.25, 0.3) is 0 Å². The smallest absolute Gasteiger partial charge is 0.224 e. The first kappa shape index (κ1) is 12.5. The summed E-state index contributed by atoms with van der Waals surface area (Å²) in [5, 5.41) is 7.45. The number of pyridine rings is 1. The average molecular weight is 284 g/mol. The Labute approximate surface area is 122 Å². The fourth-order valence-electron chi connectivity index (χ4n) is 3.24. The van der Waals surface area contributed by atoms with Gasteiger partial charge in [0.05, 0.1) is 6.54 Å². The van der Waals surface area contributed by atoms with Crippen molar-refractivity contribution in [1.82, 2.24) is 20.4 Å². The Morgan fingerprint density at radius 1 is 1.48 bits per heavy atom. The van der Waals surface area contributed by atoms with Crippen LogP contribution in [0.1, 0.15) is 18.6 Å². The first-order valence-electron chi connectivity index (χ1n) is 7.20. The summed E-state index contributed by atoms with van der Waals surface area (Å²) >= 11 is 0. The van der Waals surface area contributed by atoms with Crippen LogP contribution in [0, 0.1) is 0 Å². The minimum atomic E-state index is 0.191. The highest BCUT2D eigenvalue weighted by Crippen LogP contribution is 2.28. The first-order valence-corrected chi connectivity index (χ1v) is 7.20. The molecule has 2 aromatic rings. The van der Waals surface area contributed by atoms with Crippen LogP contribution >= 0.6 is 0 Å². The van der Waals surface area contributed by atoms with Crippen LogP contribution in [0.5, 0.6) is 0 Å². The van der Waals surface area contributed by atoms with Gasteiger partial charge in [-0.15, -0.1) is 0 Å². The number of aromatic nitrogens is 2. The molecule has 0 radical (unpaired) electrons. The van der Waals surface area contributed by atoms with E-state index in [4.69, 9.17) is 4.52 Å². The molecule has 2 atom stereocenters. The monoisotopic (exact) mass is 284 g/mol. The second-order valence-electron chi connectivity index (χ2n) is 5.56. The van der Waals surface area contributed by atoms with Crippen LogP contribution in [-0.2, 0) is 11.3 Å². The lowest BCUT2D eigenvalue weighted by molar-refractivity contribution is -0.129. The molecule has 21 heavy (non-hydrogen) atoms. The number of carbonyl (C=O) groups is 1. The zero-order valence-corrected chi connectivity index (χ0v) is 11.5. The van der Waals surface area contributed by atoms with E-state index in [0.717, 1.165) is 30.0 Å². The number of rotatable bonds is 3. The molecule has 0 spiro atoms. The maximum Gasteiger partial charge on any atom is 0.224 e. The Bertz CT molecular complexity index is 655. The molecular formula is C15H16N4O2. The summed E-state index contributed by atoms with van der Waals surface area (Å²) in [4.78, 5) is 18.1. The zero-order valence-electron chi connectivity index (χ0n) is 11.5. The molecule has 1 amide bonds. The van der Waals surface area contributed by atoms with Crippen LogP contribution in [0.2, 0.25) is 0 Å². The van der Waals surface area contributed by atoms with Crippen molar-refractivity contribution in [1.29, 1.82) is 0 Å². The maximum atomic E-state index is 12.1. The molecular weight excluding hydrogens is 268 g/mol. The lowest BCUT2D eigenvalue weighted by atomic mass is 10.1. The highest BCUT2D eigenvalue weighted by atomic mass is 16.5. The van der Waals surface area contributed by atoms with Crippen molar-refractivity contribution in [2.45, 2.75) is 31.5 Å². The third-order valence-electron chi connectivity index (χ3n) is 4.27. The van der Waals surface area contributed by atoms with E-state index in [-0.39, 0.29) is 5.91 Å². The molecule has 6 nitrogen and oxygen atoms in total. The molecule has 2 saturated heterocycles. The van der Waals surface area contributed by atoms with Crippen LogP contribution in [0.25, 0.3) is 11.3 Å². The molecule has 6 heteroatoms. The van der Waals surface area contributed by atoms with Gasteiger partial charge in [-0.1, -0.05) is 5.16 Å². The van der Waals surface area contributed by atoms with Crippen molar-refractivity contribution >= 4 is 5.91 Å². The first-order chi connectivity index (χ1) is 10.3. The van der Waals surface area contributed by atoms with E-state index in [2.05, 4.69) is 15.5 Å². The van der Waals surface area contributed by atoms with Crippen LogP contribution in [0.4, 0.5) is 0 Å². The minimum absolute atomic E-state index is 0.191. The SMILES string of the molecule is O=C1C[C@H]2NCC[C@H]2N1Cc1cc(-c2cccnc2)no1. The molecule has 2 aromatic heterocycles. The summed E-state index contributed by atoms with van der Waals surface area (Å²) in [5.41, 5.74) is 1.67. The second kappa shape index (κ2) is 4.96. The molecule has 0 saturated carbocycles. The predicted octanol–water partition coefficient (Wildman–Crippen LogP) is 1.20. The Morgan fingerprint density at radius 3 is 3.29 bits per heavy atom. The number of carbonyl (C=O) groups excluding carboxylic acids is 1. The molecule has 0 unspecified atom stereocenters. The number of fused-ring (bicyclic) bond motifs is 1. The summed E-state index contributed by atoms with van der Waals surface area (Å²) in [5.74, 6) is 0.909. The van der Waals surface area contributed by atoms with Crippen LogP contribution in [-0.4, -0.2) is 39.6 Å². The molecule has 108 valence electrons. The summed E-state index contributed by atoms with van der Waals surface area (Å²) < 4.78 is 5.39. The Balaban J connectivity index is 1.53. The largest absolute Gasteiger partial charge is 0.359 e. The molecule has 1 N–H and O–H groups in total. The van der Waals surface area contributed by atoms with Gasteiger partial charge in [0.2, 0.25) is 5.91 Å². The van der Waals surface area contributed by atoms with Gasteiger partial charge in [0.1, 0.15) is 5.69 Å². The number of hydrogen-bond donors (Lipinski definition) is 1. The van der Waals surface area contributed by atoms with Crippen molar-refractivity contribution in [3.8, 4) is 11.3 Å². The van der Waals surface area contributed by atoms with Gasteiger partial charge in [-0.05, 0) is 25.1 Å². The van der Waals surface area contributed by atoms with E-state index < -0.39 is 0 Å².